The van der Waals surface area contributed by atoms with E-state index in [1.165, 1.54) is 38.9 Å². The average Bonchev–Trinajstić information content (AvgIpc) is 2.72. The van der Waals surface area contributed by atoms with Gasteiger partial charge in [0.15, 0.2) is 0 Å². The van der Waals surface area contributed by atoms with Crippen LogP contribution in [0.25, 0.3) is 0 Å². The number of nitrogens with zero attached hydrogens (tertiary/aromatic N) is 1. The smallest absolute Gasteiger partial charge is 0.00405 e. The fourth-order valence-corrected chi connectivity index (χ4v) is 2.69. The second kappa shape index (κ2) is 3.27. The molecule has 0 N–H and O–H groups in total. The summed E-state index contributed by atoms with van der Waals surface area (Å²) in [7, 11) is 0. The first kappa shape index (κ1) is 9.51. The van der Waals surface area contributed by atoms with Crippen molar-refractivity contribution in [3.05, 3.63) is 0 Å². The average molecular weight is 181 g/mol. The van der Waals surface area contributed by atoms with Gasteiger partial charge in [0.2, 0.25) is 0 Å². The molecule has 1 atom stereocenters. The summed E-state index contributed by atoms with van der Waals surface area (Å²) in [5, 5.41) is 0. The predicted molar refractivity (Wildman–Crippen MR) is 56.7 cm³/mol. The first-order chi connectivity index (χ1) is 6.12. The summed E-state index contributed by atoms with van der Waals surface area (Å²) in [4.78, 5) is 2.69. The van der Waals surface area contributed by atoms with E-state index in [2.05, 4.69) is 25.7 Å². The van der Waals surface area contributed by atoms with Crippen molar-refractivity contribution >= 4 is 0 Å². The maximum Gasteiger partial charge on any atom is 0.00405 e. The normalized spacial score (nSPS) is 32.8. The molecule has 1 heteroatoms. The van der Waals surface area contributed by atoms with Crippen LogP contribution in [0.5, 0.6) is 0 Å². The van der Waals surface area contributed by atoms with E-state index in [0.717, 1.165) is 17.3 Å². The van der Waals surface area contributed by atoms with E-state index in [1.807, 2.05) is 0 Å². The number of hydrogen-bond donors (Lipinski definition) is 0. The SMILES string of the molecule is CC1CCN(CC2(C(C)C)CC2)C1. The van der Waals surface area contributed by atoms with Gasteiger partial charge in [-0.2, -0.15) is 0 Å². The molecule has 1 aliphatic carbocycles. The highest BCUT2D eigenvalue weighted by Gasteiger charge is 2.46. The molecular formula is C12H23N. The van der Waals surface area contributed by atoms with Crippen molar-refractivity contribution in [3.8, 4) is 0 Å². The number of rotatable bonds is 3. The lowest BCUT2D eigenvalue weighted by atomic mass is 9.92. The van der Waals surface area contributed by atoms with Gasteiger partial charge in [0, 0.05) is 13.1 Å². The van der Waals surface area contributed by atoms with Crippen LogP contribution in [0.3, 0.4) is 0 Å². The van der Waals surface area contributed by atoms with Gasteiger partial charge >= 0.3 is 0 Å². The Labute approximate surface area is 82.5 Å². The van der Waals surface area contributed by atoms with Crippen molar-refractivity contribution in [2.24, 2.45) is 17.3 Å². The molecule has 2 fully saturated rings. The zero-order valence-corrected chi connectivity index (χ0v) is 9.34. The fraction of sp³-hybridized carbons (Fsp3) is 1.00. The third kappa shape index (κ3) is 1.90. The van der Waals surface area contributed by atoms with Gasteiger partial charge in [-0.15, -0.1) is 0 Å². The molecule has 1 saturated heterocycles. The molecule has 0 aromatic carbocycles. The molecule has 1 nitrogen and oxygen atoms in total. The molecule has 13 heavy (non-hydrogen) atoms. The summed E-state index contributed by atoms with van der Waals surface area (Å²) < 4.78 is 0. The lowest BCUT2D eigenvalue weighted by molar-refractivity contribution is 0.213. The van der Waals surface area contributed by atoms with E-state index in [0.29, 0.717) is 0 Å². The molecule has 1 heterocycles. The van der Waals surface area contributed by atoms with Crippen molar-refractivity contribution in [2.75, 3.05) is 19.6 Å². The highest BCUT2D eigenvalue weighted by atomic mass is 15.2. The van der Waals surface area contributed by atoms with Crippen LogP contribution in [-0.2, 0) is 0 Å². The van der Waals surface area contributed by atoms with E-state index in [9.17, 15) is 0 Å². The van der Waals surface area contributed by atoms with Crippen LogP contribution in [0, 0.1) is 17.3 Å². The van der Waals surface area contributed by atoms with Crippen LogP contribution in [0.4, 0.5) is 0 Å². The summed E-state index contributed by atoms with van der Waals surface area (Å²) in [5.41, 5.74) is 0.726. The molecule has 76 valence electrons. The van der Waals surface area contributed by atoms with Crippen LogP contribution in [0.1, 0.15) is 40.0 Å². The minimum absolute atomic E-state index is 0.726. The topological polar surface area (TPSA) is 3.24 Å². The Hall–Kier alpha value is -0.0400. The zero-order valence-electron chi connectivity index (χ0n) is 9.34. The van der Waals surface area contributed by atoms with Gasteiger partial charge in [0.25, 0.3) is 0 Å². The summed E-state index contributed by atoms with van der Waals surface area (Å²) in [5.74, 6) is 1.84. The van der Waals surface area contributed by atoms with E-state index < -0.39 is 0 Å². The second-order valence-corrected chi connectivity index (χ2v) is 5.65. The Morgan fingerprint density at radius 2 is 2.08 bits per heavy atom. The quantitative estimate of drug-likeness (QED) is 0.647. The maximum absolute atomic E-state index is 2.69. The van der Waals surface area contributed by atoms with E-state index in [4.69, 9.17) is 0 Å². The highest BCUT2D eigenvalue weighted by molar-refractivity contribution is 4.98. The third-order valence-corrected chi connectivity index (χ3v) is 4.16. The van der Waals surface area contributed by atoms with E-state index in [1.54, 1.807) is 0 Å². The highest BCUT2D eigenvalue weighted by Crippen LogP contribution is 2.52. The summed E-state index contributed by atoms with van der Waals surface area (Å²) in [6.07, 6.45) is 4.39. The van der Waals surface area contributed by atoms with Gasteiger partial charge in [0.1, 0.15) is 0 Å². The van der Waals surface area contributed by atoms with Crippen molar-refractivity contribution in [2.45, 2.75) is 40.0 Å². The molecule has 0 spiro atoms. The van der Waals surface area contributed by atoms with Crippen LogP contribution in [0.15, 0.2) is 0 Å². The Balaban J connectivity index is 1.84. The lowest BCUT2D eigenvalue weighted by Gasteiger charge is -2.26. The van der Waals surface area contributed by atoms with Crippen molar-refractivity contribution in [1.29, 1.82) is 0 Å². The van der Waals surface area contributed by atoms with Crippen LogP contribution in [-0.4, -0.2) is 24.5 Å². The summed E-state index contributed by atoms with van der Waals surface area (Å²) in [6.45, 7) is 11.3. The molecule has 0 aromatic heterocycles. The molecule has 1 saturated carbocycles. The lowest BCUT2D eigenvalue weighted by Crippen LogP contribution is -2.31. The Kier molecular flexibility index (Phi) is 2.39. The summed E-state index contributed by atoms with van der Waals surface area (Å²) >= 11 is 0. The minimum Gasteiger partial charge on any atom is -0.302 e. The molecule has 2 rings (SSSR count). The zero-order chi connectivity index (χ0) is 9.47. The molecule has 1 unspecified atom stereocenters. The Morgan fingerprint density at radius 3 is 2.46 bits per heavy atom. The molecule has 1 aliphatic heterocycles. The van der Waals surface area contributed by atoms with Gasteiger partial charge < -0.3 is 4.90 Å². The first-order valence-corrected chi connectivity index (χ1v) is 5.85. The molecule has 0 amide bonds. The van der Waals surface area contributed by atoms with Gasteiger partial charge in [0.05, 0.1) is 0 Å². The van der Waals surface area contributed by atoms with E-state index in [-0.39, 0.29) is 0 Å². The first-order valence-electron chi connectivity index (χ1n) is 5.85. The van der Waals surface area contributed by atoms with Crippen LogP contribution >= 0.6 is 0 Å². The van der Waals surface area contributed by atoms with Crippen LogP contribution in [0.2, 0.25) is 0 Å². The molecular weight excluding hydrogens is 158 g/mol. The monoisotopic (exact) mass is 181 g/mol. The van der Waals surface area contributed by atoms with Crippen LogP contribution < -0.4 is 0 Å². The fourth-order valence-electron chi connectivity index (χ4n) is 2.69. The number of likely N-dealkylation sites (tertiary alicyclic amines) is 1. The molecule has 0 radical (unpaired) electrons. The second-order valence-electron chi connectivity index (χ2n) is 5.65. The minimum atomic E-state index is 0.726. The van der Waals surface area contributed by atoms with Gasteiger partial charge in [-0.05, 0) is 43.1 Å². The van der Waals surface area contributed by atoms with Crippen molar-refractivity contribution in [3.63, 3.8) is 0 Å². The summed E-state index contributed by atoms with van der Waals surface area (Å²) in [6, 6.07) is 0. The molecule has 2 aliphatic rings. The van der Waals surface area contributed by atoms with Gasteiger partial charge in [-0.1, -0.05) is 20.8 Å². The van der Waals surface area contributed by atoms with Crippen molar-refractivity contribution in [1.82, 2.24) is 4.90 Å². The third-order valence-electron chi connectivity index (χ3n) is 4.16. The predicted octanol–water partition coefficient (Wildman–Crippen LogP) is 2.76. The maximum atomic E-state index is 2.69. The van der Waals surface area contributed by atoms with E-state index >= 15 is 0 Å². The molecule has 0 bridgehead atoms. The standard InChI is InChI=1S/C12H23N/c1-10(2)12(5-6-12)9-13-7-4-11(3)8-13/h10-11H,4-9H2,1-3H3. The Morgan fingerprint density at radius 1 is 1.38 bits per heavy atom. The Bertz CT molecular complexity index is 182. The largest absolute Gasteiger partial charge is 0.302 e. The van der Waals surface area contributed by atoms with Gasteiger partial charge in [-0.3, -0.25) is 0 Å². The van der Waals surface area contributed by atoms with Crippen molar-refractivity contribution < 1.29 is 0 Å². The van der Waals surface area contributed by atoms with Gasteiger partial charge in [-0.25, -0.2) is 0 Å². The molecule has 0 aromatic rings. The number of hydrogen-bond acceptors (Lipinski definition) is 1.